The molecule has 1 aromatic rings. The summed E-state index contributed by atoms with van der Waals surface area (Å²) in [5.41, 5.74) is 12.7. The van der Waals surface area contributed by atoms with Crippen molar-refractivity contribution in [2.75, 3.05) is 11.1 Å². The number of hydrogen-bond acceptors (Lipinski definition) is 4. The number of amides is 1. The Bertz CT molecular complexity index is 410. The lowest BCUT2D eigenvalue weighted by Gasteiger charge is -2.14. The highest BCUT2D eigenvalue weighted by Gasteiger charge is 2.17. The Morgan fingerprint density at radius 2 is 2.06 bits per heavy atom. The summed E-state index contributed by atoms with van der Waals surface area (Å²) in [6.07, 6.45) is 0.266. The van der Waals surface area contributed by atoms with E-state index in [0.29, 0.717) is 5.69 Å². The first-order valence-corrected chi connectivity index (χ1v) is 5.70. The number of aryl methyl sites for hydroxylation is 1. The predicted molar refractivity (Wildman–Crippen MR) is 68.6 cm³/mol. The normalized spacial score (nSPS) is 12.8. The Labute approximate surface area is 101 Å². The van der Waals surface area contributed by atoms with Crippen molar-refractivity contribution in [1.29, 1.82) is 0 Å². The number of carbonyl (C=O) groups excluding carboxylic acids is 1. The molecule has 0 aromatic carbocycles. The van der Waals surface area contributed by atoms with Gasteiger partial charge in [-0.1, -0.05) is 13.8 Å². The number of primary amides is 1. The molecule has 96 valence electrons. The number of carbonyl (C=O) groups is 1. The van der Waals surface area contributed by atoms with E-state index in [9.17, 15) is 4.79 Å². The summed E-state index contributed by atoms with van der Waals surface area (Å²) in [6, 6.07) is -0.0646. The highest BCUT2D eigenvalue weighted by atomic mass is 16.1. The molecule has 0 fully saturated rings. The molecule has 0 saturated heterocycles. The van der Waals surface area contributed by atoms with Crippen molar-refractivity contribution in [3.05, 3.63) is 5.69 Å². The fourth-order valence-electron chi connectivity index (χ4n) is 1.74. The average Bonchev–Trinajstić information content (AvgIpc) is 2.44. The molecule has 1 rings (SSSR count). The third kappa shape index (κ3) is 3.12. The van der Waals surface area contributed by atoms with Gasteiger partial charge in [0.15, 0.2) is 0 Å². The van der Waals surface area contributed by atoms with Gasteiger partial charge in [0.1, 0.15) is 5.82 Å². The second kappa shape index (κ2) is 5.07. The molecular weight excluding hydrogens is 218 g/mol. The van der Waals surface area contributed by atoms with Gasteiger partial charge in [0.2, 0.25) is 5.91 Å². The molecule has 5 N–H and O–H groups in total. The fourth-order valence-corrected chi connectivity index (χ4v) is 1.74. The van der Waals surface area contributed by atoms with E-state index >= 15 is 0 Å². The van der Waals surface area contributed by atoms with E-state index in [2.05, 4.69) is 10.4 Å². The quantitative estimate of drug-likeness (QED) is 0.707. The fraction of sp³-hybridized carbons (Fsp3) is 0.636. The Kier molecular flexibility index (Phi) is 3.98. The van der Waals surface area contributed by atoms with Crippen LogP contribution in [0.25, 0.3) is 0 Å². The van der Waals surface area contributed by atoms with Gasteiger partial charge in [0.05, 0.1) is 11.4 Å². The van der Waals surface area contributed by atoms with Gasteiger partial charge in [0.25, 0.3) is 0 Å². The molecule has 1 aromatic heterocycles. The largest absolute Gasteiger partial charge is 0.394 e. The smallest absolute Gasteiger partial charge is 0.219 e. The van der Waals surface area contributed by atoms with Crippen LogP contribution in [0.4, 0.5) is 11.5 Å². The number of nitrogens with zero attached hydrogens (tertiary/aromatic N) is 2. The highest BCUT2D eigenvalue weighted by Crippen LogP contribution is 2.28. The van der Waals surface area contributed by atoms with Gasteiger partial charge in [-0.2, -0.15) is 5.10 Å². The number of aromatic nitrogens is 2. The van der Waals surface area contributed by atoms with Gasteiger partial charge < -0.3 is 16.8 Å². The van der Waals surface area contributed by atoms with Crippen LogP contribution in [0.1, 0.15) is 38.8 Å². The summed E-state index contributed by atoms with van der Waals surface area (Å²) in [5, 5.41) is 7.51. The Balaban J connectivity index is 2.88. The van der Waals surface area contributed by atoms with Crippen LogP contribution < -0.4 is 16.8 Å². The summed E-state index contributed by atoms with van der Waals surface area (Å²) in [7, 11) is 1.82. The first-order chi connectivity index (χ1) is 7.82. The van der Waals surface area contributed by atoms with Gasteiger partial charge in [0, 0.05) is 19.5 Å². The van der Waals surface area contributed by atoms with Crippen molar-refractivity contribution in [3.63, 3.8) is 0 Å². The van der Waals surface area contributed by atoms with Crippen molar-refractivity contribution in [3.8, 4) is 0 Å². The van der Waals surface area contributed by atoms with E-state index in [1.807, 2.05) is 27.8 Å². The molecule has 1 amide bonds. The molecule has 0 aliphatic rings. The molecule has 0 aliphatic carbocycles. The van der Waals surface area contributed by atoms with Crippen molar-refractivity contribution >= 4 is 17.4 Å². The molecule has 0 bridgehead atoms. The molecule has 1 unspecified atom stereocenters. The standard InChI is InChI=1S/C11H21N5O/c1-6(2)10-9(13)11(16(4)15-10)14-7(3)5-8(12)17/h6-7,14H,5,13H2,1-4H3,(H2,12,17). The molecule has 0 radical (unpaired) electrons. The van der Waals surface area contributed by atoms with Crippen molar-refractivity contribution < 1.29 is 4.79 Å². The van der Waals surface area contributed by atoms with Gasteiger partial charge in [-0.15, -0.1) is 0 Å². The molecule has 0 spiro atoms. The molecule has 17 heavy (non-hydrogen) atoms. The minimum absolute atomic E-state index is 0.0646. The van der Waals surface area contributed by atoms with Crippen LogP contribution in [-0.2, 0) is 11.8 Å². The van der Waals surface area contributed by atoms with Crippen LogP contribution in [0.2, 0.25) is 0 Å². The lowest BCUT2D eigenvalue weighted by Crippen LogP contribution is -2.25. The number of hydrogen-bond donors (Lipinski definition) is 3. The van der Waals surface area contributed by atoms with Crippen molar-refractivity contribution in [2.24, 2.45) is 12.8 Å². The second-order valence-electron chi connectivity index (χ2n) is 4.64. The number of anilines is 2. The van der Waals surface area contributed by atoms with Crippen LogP contribution in [0, 0.1) is 0 Å². The van der Waals surface area contributed by atoms with Crippen LogP contribution in [0.5, 0.6) is 0 Å². The molecule has 0 saturated carbocycles. The van der Waals surface area contributed by atoms with Gasteiger partial charge >= 0.3 is 0 Å². The predicted octanol–water partition coefficient (Wildman–Crippen LogP) is 0.801. The van der Waals surface area contributed by atoms with Crippen molar-refractivity contribution in [2.45, 2.75) is 39.2 Å². The summed E-state index contributed by atoms with van der Waals surface area (Å²) in [4.78, 5) is 10.8. The minimum atomic E-state index is -0.338. The van der Waals surface area contributed by atoms with Gasteiger partial charge in [-0.25, -0.2) is 0 Å². The van der Waals surface area contributed by atoms with Gasteiger partial charge in [-0.05, 0) is 12.8 Å². The Morgan fingerprint density at radius 1 is 1.47 bits per heavy atom. The Hall–Kier alpha value is -1.72. The first-order valence-electron chi connectivity index (χ1n) is 5.70. The maximum Gasteiger partial charge on any atom is 0.219 e. The first kappa shape index (κ1) is 13.3. The monoisotopic (exact) mass is 239 g/mol. The highest BCUT2D eigenvalue weighted by molar-refractivity contribution is 5.75. The van der Waals surface area contributed by atoms with Crippen LogP contribution in [0.15, 0.2) is 0 Å². The zero-order valence-electron chi connectivity index (χ0n) is 10.8. The molecule has 6 nitrogen and oxygen atoms in total. The lowest BCUT2D eigenvalue weighted by molar-refractivity contribution is -0.118. The maximum absolute atomic E-state index is 10.8. The summed E-state index contributed by atoms with van der Waals surface area (Å²) in [5.74, 6) is 0.667. The van der Waals surface area contributed by atoms with Crippen LogP contribution >= 0.6 is 0 Å². The average molecular weight is 239 g/mol. The SMILES string of the molecule is CC(CC(N)=O)Nc1c(N)c(C(C)C)nn1C. The minimum Gasteiger partial charge on any atom is -0.394 e. The number of nitrogens with two attached hydrogens (primary N) is 2. The van der Waals surface area contributed by atoms with E-state index in [1.54, 1.807) is 4.68 Å². The third-order valence-corrected chi connectivity index (χ3v) is 2.55. The molecule has 1 atom stereocenters. The number of nitrogens with one attached hydrogen (secondary N) is 1. The van der Waals surface area contributed by atoms with E-state index in [0.717, 1.165) is 11.5 Å². The molecule has 1 heterocycles. The number of nitrogen functional groups attached to an aromatic ring is 1. The zero-order valence-corrected chi connectivity index (χ0v) is 10.8. The summed E-state index contributed by atoms with van der Waals surface area (Å²) < 4.78 is 1.70. The van der Waals surface area contributed by atoms with Crippen LogP contribution in [0.3, 0.4) is 0 Å². The van der Waals surface area contributed by atoms with Crippen molar-refractivity contribution in [1.82, 2.24) is 9.78 Å². The third-order valence-electron chi connectivity index (χ3n) is 2.55. The summed E-state index contributed by atoms with van der Waals surface area (Å²) in [6.45, 7) is 5.96. The van der Waals surface area contributed by atoms with E-state index in [4.69, 9.17) is 11.5 Å². The van der Waals surface area contributed by atoms with E-state index in [1.165, 1.54) is 0 Å². The summed E-state index contributed by atoms with van der Waals surface area (Å²) >= 11 is 0. The van der Waals surface area contributed by atoms with Gasteiger partial charge in [-0.3, -0.25) is 9.48 Å². The lowest BCUT2D eigenvalue weighted by atomic mass is 10.1. The molecular formula is C11H21N5O. The topological polar surface area (TPSA) is 99.0 Å². The zero-order chi connectivity index (χ0) is 13.2. The second-order valence-corrected chi connectivity index (χ2v) is 4.64. The molecule has 0 aliphatic heterocycles. The van der Waals surface area contributed by atoms with E-state index < -0.39 is 0 Å². The van der Waals surface area contributed by atoms with Crippen LogP contribution in [-0.4, -0.2) is 21.7 Å². The van der Waals surface area contributed by atoms with E-state index in [-0.39, 0.29) is 24.3 Å². The maximum atomic E-state index is 10.8. The Morgan fingerprint density at radius 3 is 2.47 bits per heavy atom. The molecule has 6 heteroatoms. The number of rotatable bonds is 5.